The minimum absolute atomic E-state index is 0.907. The van der Waals surface area contributed by atoms with Crippen LogP contribution in [0.4, 0.5) is 0 Å². The number of hydrogen-bond acceptors (Lipinski definition) is 0. The minimum Gasteiger partial charge on any atom is -0.335 e. The van der Waals surface area contributed by atoms with E-state index in [4.69, 9.17) is 0 Å². The van der Waals surface area contributed by atoms with E-state index in [1.54, 1.807) is 0 Å². The fourth-order valence-electron chi connectivity index (χ4n) is 5.94. The number of benzene rings is 5. The zero-order valence-corrected chi connectivity index (χ0v) is 18.0. The van der Waals surface area contributed by atoms with Crippen LogP contribution in [0.15, 0.2) is 109 Å². The summed E-state index contributed by atoms with van der Waals surface area (Å²) >= 11 is 0. The first-order valence-electron chi connectivity index (χ1n) is 11.5. The van der Waals surface area contributed by atoms with E-state index in [9.17, 15) is 0 Å². The van der Waals surface area contributed by atoms with Crippen LogP contribution < -0.4 is 0 Å². The maximum Gasteiger partial charge on any atom is 0.0574 e. The van der Waals surface area contributed by atoms with Gasteiger partial charge in [-0.05, 0) is 41.5 Å². The Morgan fingerprint density at radius 1 is 0.485 bits per heavy atom. The molecule has 0 bridgehead atoms. The molecule has 0 unspecified atom stereocenters. The summed E-state index contributed by atoms with van der Waals surface area (Å²) in [6.07, 6.45) is 0. The number of aromatic nitrogens is 2. The summed E-state index contributed by atoms with van der Waals surface area (Å²) in [6, 6.07) is 39.9. The predicted molar refractivity (Wildman–Crippen MR) is 138 cm³/mol. The van der Waals surface area contributed by atoms with Gasteiger partial charge in [0.2, 0.25) is 0 Å². The first-order valence-corrected chi connectivity index (χ1v) is 11.5. The summed E-state index contributed by atoms with van der Waals surface area (Å²) in [6.45, 7) is 0.907. The van der Waals surface area contributed by atoms with Crippen LogP contribution in [0.5, 0.6) is 0 Å². The highest BCUT2D eigenvalue weighted by atomic mass is 15.0. The molecule has 7 aromatic rings. The smallest absolute Gasteiger partial charge is 0.0574 e. The van der Waals surface area contributed by atoms with Crippen molar-refractivity contribution in [3.8, 4) is 16.8 Å². The Morgan fingerprint density at radius 3 is 2.15 bits per heavy atom. The van der Waals surface area contributed by atoms with Crippen LogP contribution >= 0.6 is 0 Å². The zero-order valence-electron chi connectivity index (χ0n) is 18.0. The van der Waals surface area contributed by atoms with E-state index in [1.165, 1.54) is 66.0 Å². The van der Waals surface area contributed by atoms with Crippen molar-refractivity contribution in [1.82, 2.24) is 9.13 Å². The molecule has 0 spiro atoms. The summed E-state index contributed by atoms with van der Waals surface area (Å²) in [5.74, 6) is 0. The minimum atomic E-state index is 0.907. The number of nitrogens with zero attached hydrogens (tertiary/aromatic N) is 2. The molecule has 2 heteroatoms. The van der Waals surface area contributed by atoms with Gasteiger partial charge in [0.15, 0.2) is 0 Å². The molecule has 2 aromatic heterocycles. The van der Waals surface area contributed by atoms with Crippen LogP contribution in [0.1, 0.15) is 5.56 Å². The summed E-state index contributed by atoms with van der Waals surface area (Å²) in [4.78, 5) is 0. The molecule has 3 heterocycles. The van der Waals surface area contributed by atoms with Gasteiger partial charge in [-0.25, -0.2) is 0 Å². The second kappa shape index (κ2) is 6.14. The Balaban J connectivity index is 1.58. The predicted octanol–water partition coefficient (Wildman–Crippen LogP) is 7.92. The quantitative estimate of drug-likeness (QED) is 0.255. The van der Waals surface area contributed by atoms with Crippen molar-refractivity contribution in [3.05, 3.63) is 115 Å². The summed E-state index contributed by atoms with van der Waals surface area (Å²) in [7, 11) is 0. The third kappa shape index (κ3) is 2.18. The van der Waals surface area contributed by atoms with Crippen LogP contribution in [0, 0.1) is 0 Å². The molecule has 0 saturated carbocycles. The van der Waals surface area contributed by atoms with Crippen molar-refractivity contribution in [2.45, 2.75) is 6.54 Å². The fraction of sp³-hybridized carbons (Fsp3) is 0.0323. The van der Waals surface area contributed by atoms with Crippen LogP contribution in [-0.4, -0.2) is 9.13 Å². The van der Waals surface area contributed by atoms with E-state index in [-0.39, 0.29) is 0 Å². The van der Waals surface area contributed by atoms with Crippen molar-refractivity contribution < 1.29 is 0 Å². The number of hydrogen-bond donors (Lipinski definition) is 0. The standard InChI is InChI=1S/C31H20N2/c1-2-10-21(11-3-1)33-28-16-7-6-13-23(28)26-17-27-25-15-8-14-24-22-12-5-4-9-20(22)19-32(31(24)25)29(27)18-30(26)33/h1-18H,19H2. The van der Waals surface area contributed by atoms with E-state index < -0.39 is 0 Å². The molecule has 0 N–H and O–H groups in total. The highest BCUT2D eigenvalue weighted by Crippen LogP contribution is 2.43. The maximum atomic E-state index is 2.52. The number of para-hydroxylation sites is 3. The van der Waals surface area contributed by atoms with Crippen LogP contribution in [0.2, 0.25) is 0 Å². The molecular weight excluding hydrogens is 400 g/mol. The molecule has 5 aromatic carbocycles. The Labute approximate surface area is 190 Å². The van der Waals surface area contributed by atoms with Crippen molar-refractivity contribution in [3.63, 3.8) is 0 Å². The molecule has 0 fully saturated rings. The van der Waals surface area contributed by atoms with Crippen molar-refractivity contribution >= 4 is 43.6 Å². The molecule has 1 aliphatic rings. The number of fused-ring (bicyclic) bond motifs is 8. The molecule has 0 radical (unpaired) electrons. The molecule has 0 atom stereocenters. The lowest BCUT2D eigenvalue weighted by Crippen LogP contribution is -2.07. The van der Waals surface area contributed by atoms with E-state index in [0.717, 1.165) is 6.54 Å². The SMILES string of the molecule is c1ccc(-n2c3ccccc3c3cc4c5cccc6c5n(c4cc32)Cc2ccccc2-6)cc1. The van der Waals surface area contributed by atoms with Gasteiger partial charge in [-0.3, -0.25) is 0 Å². The normalized spacial score (nSPS) is 12.7. The monoisotopic (exact) mass is 420 g/mol. The van der Waals surface area contributed by atoms with Gasteiger partial charge < -0.3 is 9.13 Å². The van der Waals surface area contributed by atoms with Crippen molar-refractivity contribution in [2.24, 2.45) is 0 Å². The Kier molecular flexibility index (Phi) is 3.22. The van der Waals surface area contributed by atoms with Gasteiger partial charge in [-0.15, -0.1) is 0 Å². The van der Waals surface area contributed by atoms with E-state index in [1.807, 2.05) is 0 Å². The largest absolute Gasteiger partial charge is 0.335 e. The summed E-state index contributed by atoms with van der Waals surface area (Å²) < 4.78 is 4.93. The first kappa shape index (κ1) is 17.3. The van der Waals surface area contributed by atoms with Crippen LogP contribution in [0.25, 0.3) is 60.4 Å². The van der Waals surface area contributed by atoms with Gasteiger partial charge in [-0.1, -0.05) is 78.9 Å². The first-order chi connectivity index (χ1) is 16.4. The highest BCUT2D eigenvalue weighted by Gasteiger charge is 2.23. The zero-order chi connectivity index (χ0) is 21.5. The lowest BCUT2D eigenvalue weighted by molar-refractivity contribution is 0.861. The molecule has 0 amide bonds. The maximum absolute atomic E-state index is 2.52. The molecule has 0 saturated heterocycles. The molecule has 33 heavy (non-hydrogen) atoms. The molecule has 2 nitrogen and oxygen atoms in total. The Bertz CT molecular complexity index is 1880. The van der Waals surface area contributed by atoms with Gasteiger partial charge in [0.25, 0.3) is 0 Å². The fourth-order valence-corrected chi connectivity index (χ4v) is 5.94. The van der Waals surface area contributed by atoms with E-state index in [2.05, 4.69) is 118 Å². The second-order valence-electron chi connectivity index (χ2n) is 9.02. The van der Waals surface area contributed by atoms with Gasteiger partial charge in [0.05, 0.1) is 22.1 Å². The van der Waals surface area contributed by atoms with Gasteiger partial charge in [0, 0.05) is 39.3 Å². The lowest BCUT2D eigenvalue weighted by atomic mass is 9.95. The average Bonchev–Trinajstić information content (AvgIpc) is 3.37. The van der Waals surface area contributed by atoms with Crippen molar-refractivity contribution in [2.75, 3.05) is 0 Å². The summed E-state index contributed by atoms with van der Waals surface area (Å²) in [5.41, 5.74) is 10.5. The number of rotatable bonds is 1. The van der Waals surface area contributed by atoms with Crippen LogP contribution in [0.3, 0.4) is 0 Å². The highest BCUT2D eigenvalue weighted by molar-refractivity contribution is 6.20. The van der Waals surface area contributed by atoms with Crippen LogP contribution in [-0.2, 0) is 6.54 Å². The molecule has 1 aliphatic heterocycles. The lowest BCUT2D eigenvalue weighted by Gasteiger charge is -2.20. The molecule has 0 aliphatic carbocycles. The third-order valence-corrected chi connectivity index (χ3v) is 7.33. The summed E-state index contributed by atoms with van der Waals surface area (Å²) in [5, 5.41) is 5.29. The Morgan fingerprint density at radius 2 is 1.21 bits per heavy atom. The topological polar surface area (TPSA) is 9.86 Å². The van der Waals surface area contributed by atoms with Gasteiger partial charge >= 0.3 is 0 Å². The molecular formula is C31H20N2. The molecule has 154 valence electrons. The van der Waals surface area contributed by atoms with Crippen molar-refractivity contribution in [1.29, 1.82) is 0 Å². The average molecular weight is 421 g/mol. The second-order valence-corrected chi connectivity index (χ2v) is 9.02. The Hall–Kier alpha value is -4.30. The van der Waals surface area contributed by atoms with Gasteiger partial charge in [-0.2, -0.15) is 0 Å². The molecule has 8 rings (SSSR count). The van der Waals surface area contributed by atoms with Gasteiger partial charge in [0.1, 0.15) is 0 Å². The van der Waals surface area contributed by atoms with E-state index in [0.29, 0.717) is 0 Å². The third-order valence-electron chi connectivity index (χ3n) is 7.33. The van der Waals surface area contributed by atoms with E-state index >= 15 is 0 Å².